The van der Waals surface area contributed by atoms with Crippen molar-refractivity contribution in [1.29, 1.82) is 5.26 Å². The van der Waals surface area contributed by atoms with E-state index in [1.54, 1.807) is 49.5 Å². The average molecular weight is 484 g/mol. The van der Waals surface area contributed by atoms with E-state index in [1.165, 1.54) is 13.2 Å². The monoisotopic (exact) mass is 483 g/mol. The number of alkyl halides is 2. The summed E-state index contributed by atoms with van der Waals surface area (Å²) in [5, 5.41) is 9.62. The molecule has 2 heterocycles. The van der Waals surface area contributed by atoms with Crippen LogP contribution in [0.5, 0.6) is 11.6 Å². The summed E-state index contributed by atoms with van der Waals surface area (Å²) in [5.41, 5.74) is 2.83. The Morgan fingerprint density at radius 2 is 1.97 bits per heavy atom. The number of hydrogen-bond acceptors (Lipinski definition) is 6. The molecule has 1 atom stereocenters. The second-order valence-electron chi connectivity index (χ2n) is 8.29. The molecule has 8 nitrogen and oxygen atoms in total. The minimum Gasteiger partial charge on any atom is -0.437 e. The molecule has 0 bridgehead atoms. The van der Waals surface area contributed by atoms with Gasteiger partial charge in [-0.05, 0) is 42.8 Å². The Labute approximate surface area is 195 Å². The molecule has 2 aliphatic rings. The van der Waals surface area contributed by atoms with E-state index in [1.807, 2.05) is 0 Å². The van der Waals surface area contributed by atoms with Gasteiger partial charge in [-0.3, -0.25) is 13.6 Å². The second kappa shape index (κ2) is 7.63. The molecule has 1 unspecified atom stereocenters. The maximum Gasteiger partial charge on any atom is 0.326 e. The van der Waals surface area contributed by atoms with Crippen LogP contribution in [0.25, 0.3) is 11.1 Å². The first-order valence-corrected chi connectivity index (χ1v) is 11.8. The van der Waals surface area contributed by atoms with Crippen molar-refractivity contribution in [2.24, 2.45) is 5.92 Å². The Morgan fingerprint density at radius 3 is 2.65 bits per heavy atom. The number of ether oxygens (including phenoxy) is 1. The molecule has 34 heavy (non-hydrogen) atoms. The van der Waals surface area contributed by atoms with Crippen LogP contribution < -0.4 is 13.3 Å². The molecular formula is C23H19F2N5O3S. The quantitative estimate of drug-likeness (QED) is 0.537. The molecule has 5 rings (SSSR count). The number of rotatable bonds is 5. The lowest BCUT2D eigenvalue weighted by molar-refractivity contribution is 0.101. The SMILES string of the molecule is Cc1cncc(Oc2ccc(C#N)c(-c3ccc4c(c3)N(C)S(=O)(=O)N4CC3CC3(F)F)c2)n1. The van der Waals surface area contributed by atoms with Crippen LogP contribution in [0.2, 0.25) is 0 Å². The van der Waals surface area contributed by atoms with Gasteiger partial charge in [-0.15, -0.1) is 0 Å². The number of nitriles is 1. The smallest absolute Gasteiger partial charge is 0.326 e. The first-order chi connectivity index (χ1) is 16.1. The van der Waals surface area contributed by atoms with Crippen molar-refractivity contribution in [3.63, 3.8) is 0 Å². The fourth-order valence-electron chi connectivity index (χ4n) is 3.94. The van der Waals surface area contributed by atoms with E-state index in [2.05, 4.69) is 16.0 Å². The predicted molar refractivity (Wildman–Crippen MR) is 121 cm³/mol. The zero-order valence-electron chi connectivity index (χ0n) is 18.2. The molecule has 1 aliphatic heterocycles. The average Bonchev–Trinajstić information content (AvgIpc) is 3.36. The summed E-state index contributed by atoms with van der Waals surface area (Å²) < 4.78 is 60.6. The Balaban J connectivity index is 1.52. The molecule has 3 aromatic rings. The van der Waals surface area contributed by atoms with Crippen LogP contribution >= 0.6 is 0 Å². The third kappa shape index (κ3) is 3.70. The Kier molecular flexibility index (Phi) is 4.95. The lowest BCUT2D eigenvalue weighted by Crippen LogP contribution is -2.37. The van der Waals surface area contributed by atoms with E-state index in [4.69, 9.17) is 4.74 Å². The summed E-state index contributed by atoms with van der Waals surface area (Å²) >= 11 is 0. The van der Waals surface area contributed by atoms with Crippen LogP contribution in [0.4, 0.5) is 20.2 Å². The third-order valence-corrected chi connectivity index (χ3v) is 7.72. The molecule has 0 amide bonds. The van der Waals surface area contributed by atoms with Crippen molar-refractivity contribution >= 4 is 21.6 Å². The summed E-state index contributed by atoms with van der Waals surface area (Å²) in [6.07, 6.45) is 2.75. The molecule has 0 radical (unpaired) electrons. The van der Waals surface area contributed by atoms with Crippen LogP contribution in [-0.4, -0.2) is 37.9 Å². The van der Waals surface area contributed by atoms with Crippen LogP contribution in [0.15, 0.2) is 48.8 Å². The van der Waals surface area contributed by atoms with Crippen molar-refractivity contribution in [2.45, 2.75) is 19.3 Å². The predicted octanol–water partition coefficient (Wildman–Crippen LogP) is 4.27. The summed E-state index contributed by atoms with van der Waals surface area (Å²) in [5.74, 6) is -3.11. The van der Waals surface area contributed by atoms with Gasteiger partial charge in [0.25, 0.3) is 5.92 Å². The molecule has 0 N–H and O–H groups in total. The molecule has 1 saturated carbocycles. The van der Waals surface area contributed by atoms with Crippen molar-refractivity contribution < 1.29 is 21.9 Å². The number of anilines is 2. The molecule has 1 aliphatic carbocycles. The number of nitrogens with zero attached hydrogens (tertiary/aromatic N) is 5. The normalized spacial score (nSPS) is 19.4. The number of halogens is 2. The van der Waals surface area contributed by atoms with Gasteiger partial charge in [-0.25, -0.2) is 13.8 Å². The first kappa shape index (κ1) is 22.0. The van der Waals surface area contributed by atoms with Gasteiger partial charge >= 0.3 is 10.2 Å². The standard InChI is InChI=1S/C23H19F2N5O3S/c1-14-11-27-12-22(28-14)33-18-5-3-16(10-26)19(8-18)15-4-6-20-21(7-15)29(2)34(31,32)30(20)13-17-9-23(17,24)25/h3-8,11-12,17H,9,13H2,1-2H3. The lowest BCUT2D eigenvalue weighted by atomic mass is 9.99. The highest BCUT2D eigenvalue weighted by Gasteiger charge is 2.59. The third-order valence-electron chi connectivity index (χ3n) is 5.93. The van der Waals surface area contributed by atoms with Crippen LogP contribution in [0, 0.1) is 24.2 Å². The highest BCUT2D eigenvalue weighted by molar-refractivity contribution is 7.94. The maximum atomic E-state index is 13.5. The lowest BCUT2D eigenvalue weighted by Gasteiger charge is -2.18. The zero-order valence-corrected chi connectivity index (χ0v) is 19.1. The van der Waals surface area contributed by atoms with Gasteiger partial charge in [0.15, 0.2) is 0 Å². The molecule has 1 aromatic heterocycles. The minimum atomic E-state index is -3.97. The summed E-state index contributed by atoms with van der Waals surface area (Å²) in [6, 6.07) is 11.9. The number of benzene rings is 2. The highest BCUT2D eigenvalue weighted by atomic mass is 32.2. The molecule has 0 spiro atoms. The Morgan fingerprint density at radius 1 is 1.21 bits per heavy atom. The number of fused-ring (bicyclic) bond motifs is 1. The van der Waals surface area contributed by atoms with Crippen molar-refractivity contribution in [3.05, 3.63) is 60.0 Å². The van der Waals surface area contributed by atoms with Gasteiger partial charge < -0.3 is 4.74 Å². The first-order valence-electron chi connectivity index (χ1n) is 10.4. The van der Waals surface area contributed by atoms with E-state index in [9.17, 15) is 22.5 Å². The van der Waals surface area contributed by atoms with E-state index in [-0.39, 0.29) is 13.0 Å². The van der Waals surface area contributed by atoms with E-state index < -0.39 is 22.0 Å². The zero-order chi connectivity index (χ0) is 24.3. The fourth-order valence-corrected chi connectivity index (χ4v) is 5.41. The Hall–Kier alpha value is -3.78. The number of aromatic nitrogens is 2. The van der Waals surface area contributed by atoms with Gasteiger partial charge in [-0.1, -0.05) is 6.07 Å². The Bertz CT molecular complexity index is 1460. The van der Waals surface area contributed by atoms with Gasteiger partial charge in [-0.2, -0.15) is 13.7 Å². The second-order valence-corrected chi connectivity index (χ2v) is 10.2. The van der Waals surface area contributed by atoms with Crippen molar-refractivity contribution in [2.75, 3.05) is 22.2 Å². The minimum absolute atomic E-state index is 0.281. The fraction of sp³-hybridized carbons (Fsp3) is 0.261. The summed E-state index contributed by atoms with van der Waals surface area (Å²) in [6.45, 7) is 1.50. The number of aryl methyl sites for hydroxylation is 1. The van der Waals surface area contributed by atoms with Gasteiger partial charge in [0.05, 0.1) is 34.9 Å². The van der Waals surface area contributed by atoms with Gasteiger partial charge in [0, 0.05) is 37.7 Å². The molecule has 11 heteroatoms. The summed E-state index contributed by atoms with van der Waals surface area (Å²) in [4.78, 5) is 8.29. The largest absolute Gasteiger partial charge is 0.437 e. The summed E-state index contributed by atoms with van der Waals surface area (Å²) in [7, 11) is -2.59. The van der Waals surface area contributed by atoms with E-state index in [0.717, 1.165) is 8.61 Å². The van der Waals surface area contributed by atoms with E-state index in [0.29, 0.717) is 45.4 Å². The van der Waals surface area contributed by atoms with Gasteiger partial charge in [0.1, 0.15) is 5.75 Å². The topological polar surface area (TPSA) is 99.4 Å². The molecule has 0 saturated heterocycles. The highest BCUT2D eigenvalue weighted by Crippen LogP contribution is 2.52. The maximum absolute atomic E-state index is 13.5. The van der Waals surface area contributed by atoms with Gasteiger partial charge in [0.2, 0.25) is 5.88 Å². The van der Waals surface area contributed by atoms with Crippen LogP contribution in [-0.2, 0) is 10.2 Å². The molecule has 174 valence electrons. The van der Waals surface area contributed by atoms with Crippen LogP contribution in [0.3, 0.4) is 0 Å². The molecule has 2 aromatic carbocycles. The van der Waals surface area contributed by atoms with Crippen LogP contribution in [0.1, 0.15) is 17.7 Å². The molecule has 1 fully saturated rings. The molecular weight excluding hydrogens is 464 g/mol. The van der Waals surface area contributed by atoms with Crippen molar-refractivity contribution in [1.82, 2.24) is 9.97 Å². The van der Waals surface area contributed by atoms with E-state index >= 15 is 0 Å². The van der Waals surface area contributed by atoms with Crippen molar-refractivity contribution in [3.8, 4) is 28.8 Å². The number of hydrogen-bond donors (Lipinski definition) is 0.